The van der Waals surface area contributed by atoms with Crippen molar-refractivity contribution in [2.45, 2.75) is 45.8 Å². The Morgan fingerprint density at radius 3 is 2.54 bits per heavy atom. The molecule has 0 atom stereocenters. The predicted octanol–water partition coefficient (Wildman–Crippen LogP) is 3.56. The van der Waals surface area contributed by atoms with Gasteiger partial charge in [0.2, 0.25) is 5.91 Å². The molecule has 0 aliphatic rings. The highest BCUT2D eigenvalue weighted by Gasteiger charge is 2.26. The van der Waals surface area contributed by atoms with Gasteiger partial charge in [-0.3, -0.25) is 14.6 Å². The molecule has 0 aromatic carbocycles. The summed E-state index contributed by atoms with van der Waals surface area (Å²) >= 11 is 0. The Morgan fingerprint density at radius 1 is 1.18 bits per heavy atom. The minimum atomic E-state index is -4.22. The number of aryl methyl sites for hydroxylation is 2. The van der Waals surface area contributed by atoms with Crippen LogP contribution < -0.4 is 10.6 Å². The number of halogens is 3. The first-order valence-corrected chi connectivity index (χ1v) is 8.73. The lowest BCUT2D eigenvalue weighted by Gasteiger charge is -2.09. The predicted molar refractivity (Wildman–Crippen MR) is 97.7 cm³/mol. The number of carbonyl (C=O) groups excluding carboxylic acids is 2. The van der Waals surface area contributed by atoms with Gasteiger partial charge < -0.3 is 10.6 Å². The monoisotopic (exact) mass is 394 g/mol. The van der Waals surface area contributed by atoms with Gasteiger partial charge >= 0.3 is 6.18 Å². The average Bonchev–Trinajstić information content (AvgIpc) is 2.64. The van der Waals surface area contributed by atoms with E-state index in [1.54, 1.807) is 26.0 Å². The van der Waals surface area contributed by atoms with Gasteiger partial charge in [-0.25, -0.2) is 4.98 Å². The second kappa shape index (κ2) is 9.29. The van der Waals surface area contributed by atoms with Gasteiger partial charge in [0.05, 0.1) is 0 Å². The van der Waals surface area contributed by atoms with Crippen molar-refractivity contribution < 1.29 is 22.8 Å². The fraction of sp³-hybridized carbons (Fsp3) is 0.368. The molecular weight excluding hydrogens is 373 g/mol. The molecule has 0 aliphatic carbocycles. The second-order valence-corrected chi connectivity index (χ2v) is 6.24. The Hall–Kier alpha value is -2.97. The summed E-state index contributed by atoms with van der Waals surface area (Å²) in [7, 11) is 0. The highest BCUT2D eigenvalue weighted by molar-refractivity contribution is 5.96. The summed E-state index contributed by atoms with van der Waals surface area (Å²) < 4.78 is 36.7. The molecule has 9 heteroatoms. The molecule has 0 fully saturated rings. The van der Waals surface area contributed by atoms with Crippen molar-refractivity contribution in [1.29, 1.82) is 0 Å². The first-order valence-electron chi connectivity index (χ1n) is 8.73. The van der Waals surface area contributed by atoms with Crippen molar-refractivity contribution in [1.82, 2.24) is 15.3 Å². The van der Waals surface area contributed by atoms with Crippen LogP contribution >= 0.6 is 0 Å². The van der Waals surface area contributed by atoms with E-state index in [1.807, 2.05) is 0 Å². The Bertz CT molecular complexity index is 836. The van der Waals surface area contributed by atoms with Gasteiger partial charge in [0.15, 0.2) is 0 Å². The standard InChI is InChI=1S/C19H21F3N4O2/c1-3-17(27)26-16-9-14(8-12(2)25-16)18(28)24-11-13-4-5-15(23-10-13)6-7-19(20,21)22/h4-5,8-10H,3,6-7,11H2,1-2H3,(H,24,28)(H,25,26,27). The number of alkyl halides is 3. The number of carbonyl (C=O) groups is 2. The summed E-state index contributed by atoms with van der Waals surface area (Å²) in [4.78, 5) is 32.0. The molecule has 0 saturated carbocycles. The van der Waals surface area contributed by atoms with Gasteiger partial charge in [-0.05, 0) is 37.1 Å². The Labute approximate surface area is 160 Å². The first-order chi connectivity index (χ1) is 13.2. The average molecular weight is 394 g/mol. The molecule has 2 rings (SSSR count). The van der Waals surface area contributed by atoms with Crippen LogP contribution in [0, 0.1) is 6.92 Å². The summed E-state index contributed by atoms with van der Waals surface area (Å²) in [6.07, 6.45) is -3.58. The third-order valence-corrected chi connectivity index (χ3v) is 3.81. The number of hydrogen-bond acceptors (Lipinski definition) is 4. The molecule has 2 N–H and O–H groups in total. The quantitative estimate of drug-likeness (QED) is 0.752. The SMILES string of the molecule is CCC(=O)Nc1cc(C(=O)NCc2ccc(CCC(F)(F)F)nc2)cc(C)n1. The Kier molecular flexibility index (Phi) is 7.08. The molecule has 0 aliphatic heterocycles. The van der Waals surface area contributed by atoms with Gasteiger partial charge in [-0.2, -0.15) is 13.2 Å². The maximum Gasteiger partial charge on any atom is 0.389 e. The van der Waals surface area contributed by atoms with Crippen LogP contribution in [0.15, 0.2) is 30.5 Å². The van der Waals surface area contributed by atoms with Gasteiger partial charge in [0.1, 0.15) is 5.82 Å². The van der Waals surface area contributed by atoms with E-state index in [4.69, 9.17) is 0 Å². The van der Waals surface area contributed by atoms with Crippen LogP contribution in [0.2, 0.25) is 0 Å². The summed E-state index contributed by atoms with van der Waals surface area (Å²) in [5.74, 6) is -0.271. The molecule has 150 valence electrons. The van der Waals surface area contributed by atoms with Crippen molar-refractivity contribution in [2.75, 3.05) is 5.32 Å². The van der Waals surface area contributed by atoms with Gasteiger partial charge in [-0.15, -0.1) is 0 Å². The molecule has 0 bridgehead atoms. The minimum absolute atomic E-state index is 0.170. The summed E-state index contributed by atoms with van der Waals surface area (Å²) in [5.41, 5.74) is 1.92. The zero-order valence-corrected chi connectivity index (χ0v) is 15.6. The normalized spacial score (nSPS) is 11.2. The van der Waals surface area contributed by atoms with Crippen LogP contribution in [0.5, 0.6) is 0 Å². The van der Waals surface area contributed by atoms with Gasteiger partial charge in [-0.1, -0.05) is 13.0 Å². The molecule has 6 nitrogen and oxygen atoms in total. The van der Waals surface area contributed by atoms with Crippen molar-refractivity contribution in [3.8, 4) is 0 Å². The van der Waals surface area contributed by atoms with Crippen molar-refractivity contribution in [3.05, 3.63) is 53.0 Å². The Morgan fingerprint density at radius 2 is 1.93 bits per heavy atom. The van der Waals surface area contributed by atoms with Gasteiger partial charge in [0.25, 0.3) is 5.91 Å². The maximum absolute atomic E-state index is 12.4. The number of anilines is 1. The van der Waals surface area contributed by atoms with Crippen LogP contribution in [-0.2, 0) is 17.8 Å². The molecule has 2 aromatic rings. The zero-order chi connectivity index (χ0) is 20.7. The van der Waals surface area contributed by atoms with Crippen molar-refractivity contribution in [3.63, 3.8) is 0 Å². The maximum atomic E-state index is 12.4. The smallest absolute Gasteiger partial charge is 0.348 e. The summed E-state index contributed by atoms with van der Waals surface area (Å²) in [6.45, 7) is 3.59. The molecule has 28 heavy (non-hydrogen) atoms. The molecule has 0 spiro atoms. The number of hydrogen-bond donors (Lipinski definition) is 2. The van der Waals surface area contributed by atoms with E-state index >= 15 is 0 Å². The van der Waals surface area contributed by atoms with Crippen LogP contribution in [0.25, 0.3) is 0 Å². The van der Waals surface area contributed by atoms with Crippen molar-refractivity contribution in [2.24, 2.45) is 0 Å². The van der Waals surface area contributed by atoms with E-state index in [0.717, 1.165) is 0 Å². The number of aromatic nitrogens is 2. The topological polar surface area (TPSA) is 84.0 Å². The molecule has 2 aromatic heterocycles. The number of nitrogens with one attached hydrogen (secondary N) is 2. The fourth-order valence-corrected chi connectivity index (χ4v) is 2.36. The molecule has 2 amide bonds. The van der Waals surface area contributed by atoms with E-state index in [0.29, 0.717) is 34.8 Å². The molecule has 0 saturated heterocycles. The number of rotatable bonds is 7. The van der Waals surface area contributed by atoms with Crippen LogP contribution in [0.4, 0.5) is 19.0 Å². The van der Waals surface area contributed by atoms with Crippen LogP contribution in [0.3, 0.4) is 0 Å². The lowest BCUT2D eigenvalue weighted by Crippen LogP contribution is -2.23. The molecular formula is C19H21F3N4O2. The lowest BCUT2D eigenvalue weighted by molar-refractivity contribution is -0.134. The van der Waals surface area contributed by atoms with E-state index in [1.165, 1.54) is 18.3 Å². The number of nitrogens with zero attached hydrogens (tertiary/aromatic N) is 2. The number of pyridine rings is 2. The van der Waals surface area contributed by atoms with E-state index in [2.05, 4.69) is 20.6 Å². The van der Waals surface area contributed by atoms with Crippen LogP contribution in [-0.4, -0.2) is 28.0 Å². The number of amides is 2. The Balaban J connectivity index is 1.95. The first kappa shape index (κ1) is 21.3. The molecule has 0 radical (unpaired) electrons. The highest BCUT2D eigenvalue weighted by Crippen LogP contribution is 2.21. The summed E-state index contributed by atoms with van der Waals surface area (Å²) in [6, 6.07) is 6.22. The van der Waals surface area contributed by atoms with Gasteiger partial charge in [0, 0.05) is 42.5 Å². The fourth-order valence-electron chi connectivity index (χ4n) is 2.36. The largest absolute Gasteiger partial charge is 0.389 e. The third-order valence-electron chi connectivity index (χ3n) is 3.81. The minimum Gasteiger partial charge on any atom is -0.348 e. The van der Waals surface area contributed by atoms with E-state index in [9.17, 15) is 22.8 Å². The summed E-state index contributed by atoms with van der Waals surface area (Å²) in [5, 5.41) is 5.32. The second-order valence-electron chi connectivity index (χ2n) is 6.24. The van der Waals surface area contributed by atoms with E-state index in [-0.39, 0.29) is 24.8 Å². The van der Waals surface area contributed by atoms with Crippen LogP contribution in [0.1, 0.15) is 47.1 Å². The third kappa shape index (κ3) is 6.98. The van der Waals surface area contributed by atoms with E-state index < -0.39 is 12.6 Å². The molecule has 0 unspecified atom stereocenters. The lowest BCUT2D eigenvalue weighted by atomic mass is 10.1. The zero-order valence-electron chi connectivity index (χ0n) is 15.6. The highest BCUT2D eigenvalue weighted by atomic mass is 19.4. The molecule has 2 heterocycles. The van der Waals surface area contributed by atoms with Crippen molar-refractivity contribution >= 4 is 17.6 Å².